The number of carbonyl (C=O) groups is 1. The van der Waals surface area contributed by atoms with Gasteiger partial charge in [-0.2, -0.15) is 4.99 Å². The molecule has 0 fully saturated rings. The first-order chi connectivity index (χ1) is 14.2. The number of thiazole rings is 1. The Hall–Kier alpha value is -2.75. The molecule has 1 heterocycles. The van der Waals surface area contributed by atoms with Gasteiger partial charge in [-0.1, -0.05) is 29.8 Å². The van der Waals surface area contributed by atoms with Gasteiger partial charge >= 0.3 is 0 Å². The number of aryl methyl sites for hydroxylation is 1. The van der Waals surface area contributed by atoms with Crippen LogP contribution in [0, 0.1) is 6.92 Å². The molecule has 0 radical (unpaired) electrons. The molecule has 0 saturated heterocycles. The Morgan fingerprint density at radius 3 is 2.50 bits per heavy atom. The van der Waals surface area contributed by atoms with Crippen molar-refractivity contribution in [1.82, 2.24) is 8.87 Å². The second-order valence-electron chi connectivity index (χ2n) is 6.87. The number of ether oxygens (including phenoxy) is 1. The average molecular weight is 446 g/mol. The Labute approximate surface area is 179 Å². The third kappa shape index (κ3) is 4.69. The summed E-state index contributed by atoms with van der Waals surface area (Å²) in [5.74, 6) is -0.348. The fourth-order valence-electron chi connectivity index (χ4n) is 2.76. The fourth-order valence-corrected chi connectivity index (χ4v) is 4.56. The Morgan fingerprint density at radius 1 is 1.17 bits per heavy atom. The van der Waals surface area contributed by atoms with Crippen molar-refractivity contribution >= 4 is 27.3 Å². The highest BCUT2D eigenvalue weighted by atomic mass is 32.2. The molecule has 7 nitrogen and oxygen atoms in total. The van der Waals surface area contributed by atoms with Crippen molar-refractivity contribution in [1.29, 1.82) is 0 Å². The minimum atomic E-state index is -3.78. The summed E-state index contributed by atoms with van der Waals surface area (Å²) >= 11 is 1.34. The van der Waals surface area contributed by atoms with E-state index in [9.17, 15) is 13.2 Å². The summed E-state index contributed by atoms with van der Waals surface area (Å²) in [6, 6.07) is 12.4. The predicted molar refractivity (Wildman–Crippen MR) is 116 cm³/mol. The lowest BCUT2D eigenvalue weighted by atomic mass is 10.1. The molecule has 0 aliphatic carbocycles. The standard InChI is InChI=1S/C21H23N3O4S2/c1-15-5-7-16(8-6-15)14-24-11-12-29-21(24)22-20(25)17-9-10-18(28-4)19(13-17)30(26,27)23(2)3/h5-13H,14H2,1-4H3. The van der Waals surface area contributed by atoms with Gasteiger partial charge in [-0.05, 0) is 30.7 Å². The monoisotopic (exact) mass is 445 g/mol. The van der Waals surface area contributed by atoms with Gasteiger partial charge in [-0.25, -0.2) is 12.7 Å². The Kier molecular flexibility index (Phi) is 6.55. The van der Waals surface area contributed by atoms with Gasteiger partial charge in [0.1, 0.15) is 10.6 Å². The van der Waals surface area contributed by atoms with Gasteiger partial charge in [0.05, 0.1) is 7.11 Å². The van der Waals surface area contributed by atoms with Gasteiger partial charge in [0.15, 0.2) is 4.80 Å². The molecular formula is C21H23N3O4S2. The lowest BCUT2D eigenvalue weighted by Crippen LogP contribution is -2.23. The van der Waals surface area contributed by atoms with E-state index < -0.39 is 15.9 Å². The molecule has 0 N–H and O–H groups in total. The van der Waals surface area contributed by atoms with Crippen molar-refractivity contribution in [2.24, 2.45) is 4.99 Å². The lowest BCUT2D eigenvalue weighted by molar-refractivity contribution is 0.0997. The fraction of sp³-hybridized carbons (Fsp3) is 0.238. The third-order valence-electron chi connectivity index (χ3n) is 4.50. The maximum Gasteiger partial charge on any atom is 0.279 e. The van der Waals surface area contributed by atoms with Crippen molar-refractivity contribution in [2.75, 3.05) is 21.2 Å². The van der Waals surface area contributed by atoms with E-state index in [-0.39, 0.29) is 16.2 Å². The van der Waals surface area contributed by atoms with E-state index in [1.165, 1.54) is 56.3 Å². The summed E-state index contributed by atoms with van der Waals surface area (Å²) in [5, 5.41) is 1.86. The number of hydrogen-bond acceptors (Lipinski definition) is 5. The highest BCUT2D eigenvalue weighted by molar-refractivity contribution is 7.89. The number of hydrogen-bond donors (Lipinski definition) is 0. The second kappa shape index (κ2) is 8.95. The van der Waals surface area contributed by atoms with E-state index in [2.05, 4.69) is 4.99 Å². The summed E-state index contributed by atoms with van der Waals surface area (Å²) in [7, 11) is 0.454. The topological polar surface area (TPSA) is 81.0 Å². The van der Waals surface area contributed by atoms with Crippen LogP contribution in [0.1, 0.15) is 21.5 Å². The normalized spacial score (nSPS) is 12.4. The summed E-state index contributed by atoms with van der Waals surface area (Å²) < 4.78 is 33.3. The molecule has 1 aromatic heterocycles. The first-order valence-electron chi connectivity index (χ1n) is 9.11. The van der Waals surface area contributed by atoms with E-state index in [0.29, 0.717) is 11.3 Å². The first-order valence-corrected chi connectivity index (χ1v) is 11.4. The largest absolute Gasteiger partial charge is 0.495 e. The van der Waals surface area contributed by atoms with Crippen LogP contribution in [0.5, 0.6) is 5.75 Å². The van der Waals surface area contributed by atoms with Crippen molar-refractivity contribution in [2.45, 2.75) is 18.4 Å². The van der Waals surface area contributed by atoms with Gasteiger partial charge < -0.3 is 9.30 Å². The molecule has 0 unspecified atom stereocenters. The maximum absolute atomic E-state index is 12.8. The van der Waals surface area contributed by atoms with E-state index in [1.54, 1.807) is 0 Å². The summed E-state index contributed by atoms with van der Waals surface area (Å²) in [4.78, 5) is 17.5. The SMILES string of the molecule is COc1ccc(C(=O)N=c2sccn2Cc2ccc(C)cc2)cc1S(=O)(=O)N(C)C. The highest BCUT2D eigenvalue weighted by Crippen LogP contribution is 2.27. The zero-order valence-electron chi connectivity index (χ0n) is 17.2. The van der Waals surface area contributed by atoms with Crippen LogP contribution in [0.4, 0.5) is 0 Å². The number of nitrogens with zero attached hydrogens (tertiary/aromatic N) is 3. The minimum absolute atomic E-state index is 0.0743. The summed E-state index contributed by atoms with van der Waals surface area (Å²) in [6.45, 7) is 2.61. The number of methoxy groups -OCH3 is 1. The van der Waals surface area contributed by atoms with Gasteiger partial charge in [-0.15, -0.1) is 11.3 Å². The van der Waals surface area contributed by atoms with Crippen LogP contribution in [0.15, 0.2) is 63.9 Å². The van der Waals surface area contributed by atoms with E-state index >= 15 is 0 Å². The second-order valence-corrected chi connectivity index (χ2v) is 9.86. The van der Waals surface area contributed by atoms with E-state index in [0.717, 1.165) is 9.87 Å². The summed E-state index contributed by atoms with van der Waals surface area (Å²) in [5.41, 5.74) is 2.44. The Morgan fingerprint density at radius 2 is 1.87 bits per heavy atom. The Balaban J connectivity index is 1.96. The number of benzene rings is 2. The molecule has 0 aliphatic heterocycles. The first kappa shape index (κ1) is 21.9. The predicted octanol–water partition coefficient (Wildman–Crippen LogP) is 2.91. The Bertz CT molecular complexity index is 1220. The van der Waals surface area contributed by atoms with E-state index in [1.807, 2.05) is 47.3 Å². The van der Waals surface area contributed by atoms with Crippen molar-refractivity contribution in [3.05, 3.63) is 75.5 Å². The van der Waals surface area contributed by atoms with Gasteiger partial charge in [0.25, 0.3) is 5.91 Å². The number of carbonyl (C=O) groups excluding carboxylic acids is 1. The van der Waals surface area contributed by atoms with Crippen LogP contribution in [-0.4, -0.2) is 44.4 Å². The van der Waals surface area contributed by atoms with Crippen molar-refractivity contribution < 1.29 is 17.9 Å². The van der Waals surface area contributed by atoms with Crippen LogP contribution in [0.3, 0.4) is 0 Å². The zero-order valence-corrected chi connectivity index (χ0v) is 18.8. The molecule has 9 heteroatoms. The van der Waals surface area contributed by atoms with E-state index in [4.69, 9.17) is 4.74 Å². The van der Waals surface area contributed by atoms with Crippen LogP contribution >= 0.6 is 11.3 Å². The molecule has 30 heavy (non-hydrogen) atoms. The number of rotatable bonds is 6. The van der Waals surface area contributed by atoms with Gasteiger partial charge in [0.2, 0.25) is 10.0 Å². The molecule has 3 aromatic rings. The number of amides is 1. The summed E-state index contributed by atoms with van der Waals surface area (Å²) in [6.07, 6.45) is 1.87. The zero-order chi connectivity index (χ0) is 21.9. The van der Waals surface area contributed by atoms with Crippen LogP contribution < -0.4 is 9.54 Å². The molecule has 1 amide bonds. The van der Waals surface area contributed by atoms with Gasteiger partial charge in [-0.3, -0.25) is 4.79 Å². The van der Waals surface area contributed by atoms with Crippen molar-refractivity contribution in [3.8, 4) is 5.75 Å². The molecule has 3 rings (SSSR count). The molecular weight excluding hydrogens is 422 g/mol. The molecule has 0 saturated carbocycles. The van der Waals surface area contributed by atoms with Crippen LogP contribution in [0.2, 0.25) is 0 Å². The molecule has 2 aromatic carbocycles. The number of sulfonamides is 1. The minimum Gasteiger partial charge on any atom is -0.495 e. The number of aromatic nitrogens is 1. The van der Waals surface area contributed by atoms with Crippen LogP contribution in [0.25, 0.3) is 0 Å². The average Bonchev–Trinajstić information content (AvgIpc) is 3.15. The van der Waals surface area contributed by atoms with Crippen LogP contribution in [-0.2, 0) is 16.6 Å². The smallest absolute Gasteiger partial charge is 0.279 e. The quantitative estimate of drug-likeness (QED) is 0.584. The molecule has 0 atom stereocenters. The van der Waals surface area contributed by atoms with Crippen molar-refractivity contribution in [3.63, 3.8) is 0 Å². The third-order valence-corrected chi connectivity index (χ3v) is 7.13. The molecule has 0 spiro atoms. The molecule has 0 bridgehead atoms. The molecule has 158 valence electrons. The maximum atomic E-state index is 12.8. The van der Waals surface area contributed by atoms with Gasteiger partial charge in [0, 0.05) is 37.8 Å². The lowest BCUT2D eigenvalue weighted by Gasteiger charge is -2.15. The highest BCUT2D eigenvalue weighted by Gasteiger charge is 2.23. The molecule has 0 aliphatic rings.